The fraction of sp³-hybridized carbons (Fsp3) is 0. The van der Waals surface area contributed by atoms with Gasteiger partial charge in [-0.25, -0.2) is 4.79 Å². The van der Waals surface area contributed by atoms with Crippen LogP contribution in [0.15, 0.2) is 38.3 Å². The summed E-state index contributed by atoms with van der Waals surface area (Å²) in [6.07, 6.45) is 0. The van der Waals surface area contributed by atoms with E-state index in [2.05, 4.69) is 26.2 Å². The van der Waals surface area contributed by atoms with E-state index in [4.69, 9.17) is 5.26 Å². The van der Waals surface area contributed by atoms with Gasteiger partial charge < -0.3 is 5.32 Å². The fourth-order valence-electron chi connectivity index (χ4n) is 1.36. The number of H-pyrrole nitrogens is 2. The minimum absolute atomic E-state index is 0.0774. The van der Waals surface area contributed by atoms with Gasteiger partial charge in [-0.3, -0.25) is 14.8 Å². The number of hydrogen-bond acceptors (Lipinski definition) is 4. The monoisotopic (exact) mass is 306 g/mol. The highest BCUT2D eigenvalue weighted by atomic mass is 79.9. The van der Waals surface area contributed by atoms with E-state index in [9.17, 15) is 9.59 Å². The Balaban J connectivity index is 2.46. The van der Waals surface area contributed by atoms with Gasteiger partial charge in [-0.15, -0.1) is 0 Å². The van der Waals surface area contributed by atoms with Gasteiger partial charge in [0.25, 0.3) is 5.56 Å². The highest BCUT2D eigenvalue weighted by Gasteiger charge is 2.08. The molecular formula is C11H7BrN4O2. The summed E-state index contributed by atoms with van der Waals surface area (Å²) in [5, 5.41) is 11.7. The molecule has 0 radical (unpaired) electrons. The van der Waals surface area contributed by atoms with Gasteiger partial charge in [0.15, 0.2) is 5.56 Å². The van der Waals surface area contributed by atoms with Gasteiger partial charge in [-0.05, 0) is 24.3 Å². The Kier molecular flexibility index (Phi) is 3.30. The van der Waals surface area contributed by atoms with E-state index in [1.165, 1.54) is 0 Å². The third-order valence-electron chi connectivity index (χ3n) is 2.17. The summed E-state index contributed by atoms with van der Waals surface area (Å²) < 4.78 is 0.896. The molecule has 1 heterocycles. The molecule has 18 heavy (non-hydrogen) atoms. The molecule has 3 N–H and O–H groups in total. The van der Waals surface area contributed by atoms with Crippen molar-refractivity contribution >= 4 is 27.4 Å². The molecule has 0 aliphatic rings. The Bertz CT molecular complexity index is 724. The van der Waals surface area contributed by atoms with Gasteiger partial charge in [0.05, 0.1) is 0 Å². The molecule has 0 saturated carbocycles. The summed E-state index contributed by atoms with van der Waals surface area (Å²) in [6, 6.07) is 8.80. The second-order valence-electron chi connectivity index (χ2n) is 3.40. The molecule has 0 unspecified atom stereocenters. The average Bonchev–Trinajstić information content (AvgIpc) is 2.32. The van der Waals surface area contributed by atoms with Crippen LogP contribution in [-0.4, -0.2) is 9.97 Å². The predicted molar refractivity (Wildman–Crippen MR) is 69.8 cm³/mol. The summed E-state index contributed by atoms with van der Waals surface area (Å²) in [7, 11) is 0. The first kappa shape index (κ1) is 12.1. The summed E-state index contributed by atoms with van der Waals surface area (Å²) >= 11 is 3.29. The molecule has 7 heteroatoms. The van der Waals surface area contributed by atoms with Gasteiger partial charge in [-0.2, -0.15) is 5.26 Å². The number of benzene rings is 1. The highest BCUT2D eigenvalue weighted by molar-refractivity contribution is 9.10. The van der Waals surface area contributed by atoms with Crippen LogP contribution in [0.2, 0.25) is 0 Å². The molecule has 2 rings (SSSR count). The molecule has 2 aromatic rings. The second-order valence-corrected chi connectivity index (χ2v) is 4.32. The maximum atomic E-state index is 11.4. The molecule has 0 saturated heterocycles. The SMILES string of the molecule is N#Cc1c(Nc2ccc(Br)cc2)[nH]c(=O)[nH]c1=O. The van der Waals surface area contributed by atoms with Crippen molar-refractivity contribution in [3.8, 4) is 6.07 Å². The second kappa shape index (κ2) is 4.89. The number of anilines is 2. The van der Waals surface area contributed by atoms with Gasteiger partial charge in [0, 0.05) is 10.2 Å². The minimum atomic E-state index is -0.721. The molecule has 1 aromatic carbocycles. The first-order chi connectivity index (χ1) is 8.60. The summed E-state index contributed by atoms with van der Waals surface area (Å²) in [4.78, 5) is 26.9. The molecule has 0 spiro atoms. The number of hydrogen-bond donors (Lipinski definition) is 3. The van der Waals surface area contributed by atoms with Crippen LogP contribution >= 0.6 is 15.9 Å². The van der Waals surface area contributed by atoms with E-state index < -0.39 is 11.2 Å². The highest BCUT2D eigenvalue weighted by Crippen LogP contribution is 2.18. The van der Waals surface area contributed by atoms with E-state index in [0.717, 1.165) is 4.47 Å². The maximum absolute atomic E-state index is 11.4. The van der Waals surface area contributed by atoms with E-state index >= 15 is 0 Å². The van der Waals surface area contributed by atoms with Crippen LogP contribution in [0.25, 0.3) is 0 Å². The number of rotatable bonds is 2. The molecular weight excluding hydrogens is 300 g/mol. The lowest BCUT2D eigenvalue weighted by molar-refractivity contribution is 1.03. The molecule has 0 atom stereocenters. The van der Waals surface area contributed by atoms with Crippen molar-refractivity contribution in [3.63, 3.8) is 0 Å². The van der Waals surface area contributed by atoms with Crippen LogP contribution in [0.4, 0.5) is 11.5 Å². The zero-order valence-electron chi connectivity index (χ0n) is 8.95. The van der Waals surface area contributed by atoms with Crippen molar-refractivity contribution in [3.05, 3.63) is 55.1 Å². The number of nitriles is 1. The third-order valence-corrected chi connectivity index (χ3v) is 2.70. The van der Waals surface area contributed by atoms with E-state index in [1.54, 1.807) is 30.3 Å². The zero-order chi connectivity index (χ0) is 13.1. The topological polar surface area (TPSA) is 102 Å². The first-order valence-electron chi connectivity index (χ1n) is 4.89. The third kappa shape index (κ3) is 2.49. The molecule has 1 aromatic heterocycles. The van der Waals surface area contributed by atoms with Crippen LogP contribution in [0.3, 0.4) is 0 Å². The first-order valence-corrected chi connectivity index (χ1v) is 5.69. The lowest BCUT2D eigenvalue weighted by Gasteiger charge is -2.06. The van der Waals surface area contributed by atoms with Crippen LogP contribution in [-0.2, 0) is 0 Å². The smallest absolute Gasteiger partial charge is 0.327 e. The molecule has 0 bridgehead atoms. The molecule has 90 valence electrons. The largest absolute Gasteiger partial charge is 0.340 e. The molecule has 0 fully saturated rings. The van der Waals surface area contributed by atoms with Crippen molar-refractivity contribution in [2.24, 2.45) is 0 Å². The van der Waals surface area contributed by atoms with Crippen molar-refractivity contribution in [1.82, 2.24) is 9.97 Å². The molecule has 0 aliphatic carbocycles. The zero-order valence-corrected chi connectivity index (χ0v) is 10.5. The Labute approximate surface area is 109 Å². The standard InChI is InChI=1S/C11H7BrN4O2/c12-6-1-3-7(4-2-6)14-9-8(5-13)10(17)16-11(18)15-9/h1-4H,(H3,14,15,16,17,18). The average molecular weight is 307 g/mol. The van der Waals surface area contributed by atoms with Gasteiger partial charge in [-0.1, -0.05) is 15.9 Å². The predicted octanol–water partition coefficient (Wildman–Crippen LogP) is 1.44. The van der Waals surface area contributed by atoms with Gasteiger partial charge in [0.2, 0.25) is 0 Å². The van der Waals surface area contributed by atoms with E-state index in [1.807, 2.05) is 4.98 Å². The molecule has 6 nitrogen and oxygen atoms in total. The van der Waals surface area contributed by atoms with Crippen LogP contribution in [0, 0.1) is 11.3 Å². The van der Waals surface area contributed by atoms with E-state index in [0.29, 0.717) is 5.69 Å². The summed E-state index contributed by atoms with van der Waals surface area (Å²) in [5.41, 5.74) is -0.909. The number of nitrogens with one attached hydrogen (secondary N) is 3. The lowest BCUT2D eigenvalue weighted by atomic mass is 10.3. The maximum Gasteiger partial charge on any atom is 0.327 e. The van der Waals surface area contributed by atoms with Gasteiger partial charge >= 0.3 is 5.69 Å². The van der Waals surface area contributed by atoms with Gasteiger partial charge in [0.1, 0.15) is 11.9 Å². The summed E-state index contributed by atoms with van der Waals surface area (Å²) in [5.74, 6) is 0.0774. The number of nitrogens with zero attached hydrogens (tertiary/aromatic N) is 1. The number of aromatic nitrogens is 2. The normalized spacial score (nSPS) is 9.78. The number of halogens is 1. The Morgan fingerprint density at radius 2 is 1.83 bits per heavy atom. The van der Waals surface area contributed by atoms with Crippen molar-refractivity contribution in [2.45, 2.75) is 0 Å². The quantitative estimate of drug-likeness (QED) is 0.781. The summed E-state index contributed by atoms with van der Waals surface area (Å²) in [6.45, 7) is 0. The minimum Gasteiger partial charge on any atom is -0.340 e. The van der Waals surface area contributed by atoms with Crippen LogP contribution in [0.5, 0.6) is 0 Å². The van der Waals surface area contributed by atoms with Crippen LogP contribution in [0.1, 0.15) is 5.56 Å². The van der Waals surface area contributed by atoms with E-state index in [-0.39, 0.29) is 11.4 Å². The van der Waals surface area contributed by atoms with Crippen molar-refractivity contribution < 1.29 is 0 Å². The Hall–Kier alpha value is -2.33. The van der Waals surface area contributed by atoms with Crippen molar-refractivity contribution in [1.29, 1.82) is 5.26 Å². The lowest BCUT2D eigenvalue weighted by Crippen LogP contribution is -2.25. The molecule has 0 aliphatic heterocycles. The fourth-order valence-corrected chi connectivity index (χ4v) is 1.63. The number of aromatic amines is 2. The van der Waals surface area contributed by atoms with Crippen LogP contribution < -0.4 is 16.6 Å². The Morgan fingerprint density at radius 1 is 1.17 bits per heavy atom. The Morgan fingerprint density at radius 3 is 2.44 bits per heavy atom. The molecule has 0 amide bonds. The van der Waals surface area contributed by atoms with Crippen molar-refractivity contribution in [2.75, 3.05) is 5.32 Å².